The van der Waals surface area contributed by atoms with Crippen LogP contribution in [-0.2, 0) is 48.2 Å². The van der Waals surface area contributed by atoms with Crippen molar-refractivity contribution in [3.63, 3.8) is 0 Å². The molecule has 1 aliphatic heterocycles. The van der Waals surface area contributed by atoms with Crippen LogP contribution in [0.4, 0.5) is 24.1 Å². The Morgan fingerprint density at radius 3 is 2.53 bits per heavy atom. The smallest absolute Gasteiger partial charge is 0.406 e. The summed E-state index contributed by atoms with van der Waals surface area (Å²) in [7, 11) is 0. The molecule has 4 heterocycles. The van der Waals surface area contributed by atoms with Gasteiger partial charge in [-0.15, -0.1) is 28.5 Å². The monoisotopic (exact) mass is 614 g/mol. The average Bonchev–Trinajstić information content (AvgIpc) is 3.57. The Morgan fingerprint density at radius 1 is 0.907 bits per heavy atom. The molecule has 4 aromatic rings. The number of aryl methyl sites for hydroxylation is 4. The van der Waals surface area contributed by atoms with E-state index in [0.717, 1.165) is 61.1 Å². The van der Waals surface area contributed by atoms with E-state index in [2.05, 4.69) is 40.9 Å². The first kappa shape index (κ1) is 30.1. The number of rotatable bonds is 12. The zero-order chi connectivity index (χ0) is 30.2. The quantitative estimate of drug-likeness (QED) is 0.220. The Hall–Kier alpha value is -4.40. The summed E-state index contributed by atoms with van der Waals surface area (Å²) in [4.78, 5) is 24.8. The molecule has 2 N–H and O–H groups in total. The van der Waals surface area contributed by atoms with Gasteiger partial charge in [0.15, 0.2) is 5.82 Å². The van der Waals surface area contributed by atoms with Crippen LogP contribution in [0.25, 0.3) is 0 Å². The molecule has 5 rings (SSSR count). The van der Waals surface area contributed by atoms with E-state index < -0.39 is 12.3 Å². The number of fused-ring (bicyclic) bond motifs is 1. The third-order valence-electron chi connectivity index (χ3n) is 6.58. The van der Waals surface area contributed by atoms with Gasteiger partial charge in [-0.05, 0) is 74.4 Å². The third kappa shape index (κ3) is 9.30. The summed E-state index contributed by atoms with van der Waals surface area (Å²) in [5.74, 6) is -0.757. The van der Waals surface area contributed by atoms with E-state index in [9.17, 15) is 22.8 Å². The molecule has 1 aliphatic rings. The van der Waals surface area contributed by atoms with Crippen molar-refractivity contribution < 1.29 is 27.5 Å². The van der Waals surface area contributed by atoms with Crippen molar-refractivity contribution in [1.82, 2.24) is 30.2 Å². The fourth-order valence-electron chi connectivity index (χ4n) is 4.66. The van der Waals surface area contributed by atoms with Crippen molar-refractivity contribution in [1.29, 1.82) is 0 Å². The maximum absolute atomic E-state index is 12.4. The Balaban J connectivity index is 1.000. The Bertz CT molecular complexity index is 1530. The minimum Gasteiger partial charge on any atom is -0.406 e. The first-order chi connectivity index (χ1) is 20.7. The molecule has 0 spiro atoms. The standard InChI is InChI=1S/C28H29F3N8O3S/c29-28(30,31)42-22-9-5-6-18(14-22)15-24(40)32-23-12-11-19(34-35-23)7-1-2-10-26-36-37-27(43-26)33-25(41)17-20-16-21-8-3-4-13-39(21)38-20/h5-6,9,11-12,14,16H,1-4,7-8,10,13,15,17H2,(H,32,35,40)(H,33,37,41). The molecule has 0 bridgehead atoms. The largest absolute Gasteiger partial charge is 0.573 e. The van der Waals surface area contributed by atoms with Crippen LogP contribution in [0.15, 0.2) is 42.5 Å². The van der Waals surface area contributed by atoms with Gasteiger partial charge in [0.05, 0.1) is 24.2 Å². The van der Waals surface area contributed by atoms with E-state index >= 15 is 0 Å². The maximum atomic E-state index is 12.4. The van der Waals surface area contributed by atoms with Gasteiger partial charge in [0, 0.05) is 18.7 Å². The molecular weight excluding hydrogens is 585 g/mol. The Labute approximate surface area is 248 Å². The lowest BCUT2D eigenvalue weighted by atomic mass is 10.1. The lowest BCUT2D eigenvalue weighted by Crippen LogP contribution is -2.18. The van der Waals surface area contributed by atoms with Crippen molar-refractivity contribution in [3.8, 4) is 5.75 Å². The number of anilines is 2. The van der Waals surface area contributed by atoms with Crippen LogP contribution in [0.1, 0.15) is 53.3 Å². The van der Waals surface area contributed by atoms with Gasteiger partial charge >= 0.3 is 6.36 Å². The fraction of sp³-hybridized carbons (Fsp3) is 0.393. The SMILES string of the molecule is O=C(Cc1cccc(OC(F)(F)F)c1)Nc1ccc(CCCCc2nnc(NC(=O)Cc3cc4n(n3)CCCC4)s2)nn1. The van der Waals surface area contributed by atoms with Crippen LogP contribution in [0.2, 0.25) is 0 Å². The van der Waals surface area contributed by atoms with Crippen molar-refractivity contribution in [2.45, 2.75) is 70.7 Å². The maximum Gasteiger partial charge on any atom is 0.573 e. The number of hydrogen-bond donors (Lipinski definition) is 2. The number of aromatic nitrogens is 6. The number of carbonyl (C=O) groups is 2. The number of alkyl halides is 3. The van der Waals surface area contributed by atoms with Gasteiger partial charge in [-0.2, -0.15) is 10.2 Å². The van der Waals surface area contributed by atoms with Gasteiger partial charge < -0.3 is 15.4 Å². The molecule has 43 heavy (non-hydrogen) atoms. The van der Waals surface area contributed by atoms with Gasteiger partial charge in [0.1, 0.15) is 10.8 Å². The topological polar surface area (TPSA) is 137 Å². The van der Waals surface area contributed by atoms with Gasteiger partial charge in [0.25, 0.3) is 0 Å². The van der Waals surface area contributed by atoms with E-state index in [1.165, 1.54) is 35.2 Å². The number of amides is 2. The summed E-state index contributed by atoms with van der Waals surface area (Å²) in [6.45, 7) is 0.904. The van der Waals surface area contributed by atoms with Gasteiger partial charge in [0.2, 0.25) is 16.9 Å². The number of hydrogen-bond acceptors (Lipinski definition) is 9. The number of nitrogens with one attached hydrogen (secondary N) is 2. The van der Waals surface area contributed by atoms with E-state index in [4.69, 9.17) is 0 Å². The van der Waals surface area contributed by atoms with Crippen molar-refractivity contribution in [3.05, 3.63) is 70.1 Å². The third-order valence-corrected chi connectivity index (χ3v) is 7.48. The highest BCUT2D eigenvalue weighted by Gasteiger charge is 2.31. The van der Waals surface area contributed by atoms with Crippen LogP contribution in [-0.4, -0.2) is 48.4 Å². The molecule has 11 nitrogen and oxygen atoms in total. The number of unbranched alkanes of at least 4 members (excludes halogenated alkanes) is 1. The molecule has 0 atom stereocenters. The van der Waals surface area contributed by atoms with Gasteiger partial charge in [-0.1, -0.05) is 23.5 Å². The lowest BCUT2D eigenvalue weighted by molar-refractivity contribution is -0.274. The first-order valence-electron chi connectivity index (χ1n) is 13.8. The summed E-state index contributed by atoms with van der Waals surface area (Å²) in [5, 5.41) is 27.6. The molecule has 0 saturated carbocycles. The molecular formula is C28H29F3N8O3S. The Morgan fingerprint density at radius 2 is 1.74 bits per heavy atom. The summed E-state index contributed by atoms with van der Waals surface area (Å²) in [6.07, 6.45) is 1.54. The highest BCUT2D eigenvalue weighted by Crippen LogP contribution is 2.24. The van der Waals surface area contributed by atoms with Crippen LogP contribution >= 0.6 is 11.3 Å². The minimum atomic E-state index is -4.81. The van der Waals surface area contributed by atoms with Crippen molar-refractivity contribution in [2.24, 2.45) is 0 Å². The lowest BCUT2D eigenvalue weighted by Gasteiger charge is -2.11. The highest BCUT2D eigenvalue weighted by atomic mass is 32.1. The summed E-state index contributed by atoms with van der Waals surface area (Å²) < 4.78 is 43.1. The second-order valence-corrected chi connectivity index (χ2v) is 11.1. The highest BCUT2D eigenvalue weighted by molar-refractivity contribution is 7.15. The predicted octanol–water partition coefficient (Wildman–Crippen LogP) is 4.69. The normalized spacial score (nSPS) is 12.9. The van der Waals surface area contributed by atoms with Crippen LogP contribution in [0, 0.1) is 0 Å². The van der Waals surface area contributed by atoms with Gasteiger partial charge in [-0.25, -0.2) is 0 Å². The van der Waals surface area contributed by atoms with Crippen molar-refractivity contribution in [2.75, 3.05) is 10.6 Å². The van der Waals surface area contributed by atoms with Crippen LogP contribution in [0.5, 0.6) is 5.75 Å². The number of nitrogens with zero attached hydrogens (tertiary/aromatic N) is 6. The molecule has 1 aromatic carbocycles. The molecule has 0 fully saturated rings. The molecule has 0 radical (unpaired) electrons. The summed E-state index contributed by atoms with van der Waals surface area (Å²) >= 11 is 1.35. The minimum absolute atomic E-state index is 0.151. The molecule has 226 valence electrons. The number of ether oxygens (including phenoxy) is 1. The second kappa shape index (κ2) is 13.7. The molecule has 2 amide bonds. The summed E-state index contributed by atoms with van der Waals surface area (Å²) in [5.41, 5.74) is 3.06. The number of halogens is 3. The first-order valence-corrected chi connectivity index (χ1v) is 14.7. The molecule has 15 heteroatoms. The van der Waals surface area contributed by atoms with Gasteiger partial charge in [-0.3, -0.25) is 14.3 Å². The zero-order valence-electron chi connectivity index (χ0n) is 23.1. The van der Waals surface area contributed by atoms with E-state index in [1.807, 2.05) is 10.7 Å². The van der Waals surface area contributed by atoms with E-state index in [1.54, 1.807) is 12.1 Å². The van der Waals surface area contributed by atoms with Crippen molar-refractivity contribution >= 4 is 34.1 Å². The van der Waals surface area contributed by atoms with Crippen LogP contribution < -0.4 is 15.4 Å². The average molecular weight is 615 g/mol. The number of benzene rings is 1. The molecule has 0 saturated heterocycles. The summed E-state index contributed by atoms with van der Waals surface area (Å²) in [6, 6.07) is 10.6. The van der Waals surface area contributed by atoms with E-state index in [0.29, 0.717) is 23.5 Å². The fourth-order valence-corrected chi connectivity index (χ4v) is 5.46. The number of carbonyl (C=O) groups excluding carboxylic acids is 2. The van der Waals surface area contributed by atoms with Crippen LogP contribution in [0.3, 0.4) is 0 Å². The Kier molecular flexibility index (Phi) is 9.59. The molecule has 0 unspecified atom stereocenters. The molecule has 0 aliphatic carbocycles. The zero-order valence-corrected chi connectivity index (χ0v) is 23.9. The predicted molar refractivity (Wildman–Crippen MR) is 152 cm³/mol. The second-order valence-electron chi connectivity index (χ2n) is 10.1. The van der Waals surface area contributed by atoms with E-state index in [-0.39, 0.29) is 30.3 Å². The molecule has 3 aromatic heterocycles.